The lowest BCUT2D eigenvalue weighted by Crippen LogP contribution is -2.43. The first-order valence-electron chi connectivity index (χ1n) is 8.99. The van der Waals surface area contributed by atoms with E-state index in [2.05, 4.69) is 44.8 Å². The molecule has 22 heavy (non-hydrogen) atoms. The molecule has 1 N–H and O–H groups in total. The van der Waals surface area contributed by atoms with Gasteiger partial charge in [0.05, 0.1) is 0 Å². The van der Waals surface area contributed by atoms with Crippen LogP contribution in [0.3, 0.4) is 0 Å². The third kappa shape index (κ3) is 6.87. The van der Waals surface area contributed by atoms with E-state index in [0.29, 0.717) is 29.7 Å². The van der Waals surface area contributed by atoms with Crippen LogP contribution in [-0.2, 0) is 4.79 Å². The molecule has 1 saturated heterocycles. The van der Waals surface area contributed by atoms with Crippen molar-refractivity contribution in [1.29, 1.82) is 0 Å². The Hall–Kier alpha value is -0.280. The maximum Gasteiger partial charge on any atom is 0.223 e. The molecule has 1 heterocycles. The van der Waals surface area contributed by atoms with E-state index in [1.807, 2.05) is 0 Å². The molecule has 1 amide bonds. The lowest BCUT2D eigenvalue weighted by atomic mass is 9.85. The Balaban J connectivity index is 0.00000441. The Kier molecular flexibility index (Phi) is 11.1. The highest BCUT2D eigenvalue weighted by Crippen LogP contribution is 2.24. The van der Waals surface area contributed by atoms with E-state index >= 15 is 0 Å². The van der Waals surface area contributed by atoms with Gasteiger partial charge in [-0.15, -0.1) is 12.4 Å². The van der Waals surface area contributed by atoms with Crippen LogP contribution in [0.1, 0.15) is 66.7 Å². The van der Waals surface area contributed by atoms with E-state index in [1.54, 1.807) is 0 Å². The predicted molar refractivity (Wildman–Crippen MR) is 97.5 cm³/mol. The highest BCUT2D eigenvalue weighted by atomic mass is 35.5. The van der Waals surface area contributed by atoms with E-state index in [1.165, 1.54) is 12.8 Å². The Morgan fingerprint density at radius 3 is 2.32 bits per heavy atom. The molecule has 1 aliphatic rings. The molecule has 0 saturated carbocycles. The van der Waals surface area contributed by atoms with Crippen molar-refractivity contribution in [2.45, 2.75) is 72.8 Å². The van der Waals surface area contributed by atoms with Crippen molar-refractivity contribution in [2.75, 3.05) is 19.6 Å². The van der Waals surface area contributed by atoms with E-state index < -0.39 is 0 Å². The quantitative estimate of drug-likeness (QED) is 0.725. The monoisotopic (exact) mass is 332 g/mol. The molecule has 0 aliphatic carbocycles. The summed E-state index contributed by atoms with van der Waals surface area (Å²) < 4.78 is 0. The number of nitrogens with one attached hydrogen (secondary N) is 1. The number of halogens is 1. The Morgan fingerprint density at radius 1 is 1.23 bits per heavy atom. The van der Waals surface area contributed by atoms with Crippen LogP contribution in [0, 0.1) is 17.8 Å². The highest BCUT2D eigenvalue weighted by Gasteiger charge is 2.27. The molecule has 132 valence electrons. The molecule has 2 atom stereocenters. The molecule has 0 spiro atoms. The van der Waals surface area contributed by atoms with Gasteiger partial charge in [0.2, 0.25) is 5.91 Å². The van der Waals surface area contributed by atoms with Crippen molar-refractivity contribution in [3.63, 3.8) is 0 Å². The Bertz CT molecular complexity index is 299. The van der Waals surface area contributed by atoms with Gasteiger partial charge in [-0.1, -0.05) is 34.6 Å². The summed E-state index contributed by atoms with van der Waals surface area (Å²) in [5, 5.41) is 3.47. The van der Waals surface area contributed by atoms with Crippen molar-refractivity contribution in [3.05, 3.63) is 0 Å². The van der Waals surface area contributed by atoms with Gasteiger partial charge in [-0.3, -0.25) is 4.79 Å². The van der Waals surface area contributed by atoms with Crippen LogP contribution in [0.25, 0.3) is 0 Å². The third-order valence-corrected chi connectivity index (χ3v) is 4.90. The fourth-order valence-corrected chi connectivity index (χ4v) is 3.50. The average Bonchev–Trinajstić information content (AvgIpc) is 2.47. The van der Waals surface area contributed by atoms with Gasteiger partial charge >= 0.3 is 0 Å². The summed E-state index contributed by atoms with van der Waals surface area (Å²) in [5.41, 5.74) is 0. The van der Waals surface area contributed by atoms with Crippen LogP contribution in [0.2, 0.25) is 0 Å². The Morgan fingerprint density at radius 2 is 1.86 bits per heavy atom. The number of amides is 1. The van der Waals surface area contributed by atoms with Crippen LogP contribution in [0.5, 0.6) is 0 Å². The molecule has 0 bridgehead atoms. The second-order valence-electron chi connectivity index (χ2n) is 7.20. The average molecular weight is 333 g/mol. The van der Waals surface area contributed by atoms with Crippen LogP contribution in [0.4, 0.5) is 0 Å². The van der Waals surface area contributed by atoms with Crippen LogP contribution in [-0.4, -0.2) is 36.5 Å². The van der Waals surface area contributed by atoms with Crippen molar-refractivity contribution >= 4 is 18.3 Å². The first-order chi connectivity index (χ1) is 9.99. The minimum Gasteiger partial charge on any atom is -0.339 e. The van der Waals surface area contributed by atoms with Gasteiger partial charge in [0.15, 0.2) is 0 Å². The number of hydrogen-bond donors (Lipinski definition) is 1. The minimum atomic E-state index is 0. The summed E-state index contributed by atoms with van der Waals surface area (Å²) >= 11 is 0. The van der Waals surface area contributed by atoms with Gasteiger partial charge in [0.25, 0.3) is 0 Å². The summed E-state index contributed by atoms with van der Waals surface area (Å²) in [4.78, 5) is 15.0. The molecule has 1 fully saturated rings. The highest BCUT2D eigenvalue weighted by molar-refractivity contribution is 5.85. The number of carbonyl (C=O) groups excluding carboxylic acids is 1. The van der Waals surface area contributed by atoms with Crippen LogP contribution < -0.4 is 5.32 Å². The SMILES string of the molecule is CCC(CC)N(CC(C)C)C(=O)CC(C)C1CCCNC1.Cl. The lowest BCUT2D eigenvalue weighted by Gasteiger charge is -2.35. The second kappa shape index (κ2) is 11.3. The molecule has 2 unspecified atom stereocenters. The fraction of sp³-hybridized carbons (Fsp3) is 0.944. The maximum absolute atomic E-state index is 12.8. The third-order valence-electron chi connectivity index (χ3n) is 4.90. The first kappa shape index (κ1) is 21.7. The maximum atomic E-state index is 12.8. The molecule has 1 aliphatic heterocycles. The van der Waals surface area contributed by atoms with Gasteiger partial charge in [0.1, 0.15) is 0 Å². The van der Waals surface area contributed by atoms with Gasteiger partial charge in [-0.2, -0.15) is 0 Å². The minimum absolute atomic E-state index is 0. The zero-order chi connectivity index (χ0) is 15.8. The van der Waals surface area contributed by atoms with E-state index in [0.717, 1.165) is 38.9 Å². The summed E-state index contributed by atoms with van der Waals surface area (Å²) in [6.07, 6.45) is 5.38. The predicted octanol–water partition coefficient (Wildman–Crippen LogP) is 4.11. The smallest absolute Gasteiger partial charge is 0.223 e. The topological polar surface area (TPSA) is 32.3 Å². The summed E-state index contributed by atoms with van der Waals surface area (Å²) in [5.74, 6) is 2.08. The van der Waals surface area contributed by atoms with E-state index in [4.69, 9.17) is 0 Å². The zero-order valence-electron chi connectivity index (χ0n) is 15.2. The number of nitrogens with zero attached hydrogens (tertiary/aromatic N) is 1. The van der Waals surface area contributed by atoms with Crippen LogP contribution in [0.15, 0.2) is 0 Å². The number of rotatable bonds is 8. The molecule has 3 nitrogen and oxygen atoms in total. The fourth-order valence-electron chi connectivity index (χ4n) is 3.50. The molecule has 0 radical (unpaired) electrons. The standard InChI is InChI=1S/C18H36N2O.ClH/c1-6-17(7-2)20(13-14(3)4)18(21)11-15(5)16-9-8-10-19-12-16;/h14-17,19H,6-13H2,1-5H3;1H. The number of hydrogen-bond acceptors (Lipinski definition) is 2. The summed E-state index contributed by atoms with van der Waals surface area (Å²) in [6.45, 7) is 14.2. The Labute approximate surface area is 144 Å². The lowest BCUT2D eigenvalue weighted by molar-refractivity contribution is -0.135. The normalized spacial score (nSPS) is 19.9. The zero-order valence-corrected chi connectivity index (χ0v) is 16.0. The van der Waals surface area contributed by atoms with Crippen molar-refractivity contribution in [1.82, 2.24) is 10.2 Å². The molecule has 1 rings (SSSR count). The van der Waals surface area contributed by atoms with Crippen LogP contribution >= 0.6 is 12.4 Å². The molecular formula is C18H37ClN2O. The largest absolute Gasteiger partial charge is 0.339 e. The van der Waals surface area contributed by atoms with Gasteiger partial charge in [0, 0.05) is 19.0 Å². The molecule has 0 aromatic carbocycles. The molecular weight excluding hydrogens is 296 g/mol. The molecule has 4 heteroatoms. The second-order valence-corrected chi connectivity index (χ2v) is 7.20. The van der Waals surface area contributed by atoms with E-state index in [9.17, 15) is 4.79 Å². The first-order valence-corrected chi connectivity index (χ1v) is 8.99. The van der Waals surface area contributed by atoms with Crippen molar-refractivity contribution in [2.24, 2.45) is 17.8 Å². The molecule has 0 aromatic heterocycles. The summed E-state index contributed by atoms with van der Waals surface area (Å²) in [7, 11) is 0. The van der Waals surface area contributed by atoms with E-state index in [-0.39, 0.29) is 12.4 Å². The summed E-state index contributed by atoms with van der Waals surface area (Å²) in [6, 6.07) is 0.414. The van der Waals surface area contributed by atoms with Gasteiger partial charge in [-0.05, 0) is 56.5 Å². The molecule has 0 aromatic rings. The van der Waals surface area contributed by atoms with Gasteiger partial charge < -0.3 is 10.2 Å². The van der Waals surface area contributed by atoms with Crippen molar-refractivity contribution < 1.29 is 4.79 Å². The van der Waals surface area contributed by atoms with Gasteiger partial charge in [-0.25, -0.2) is 0 Å². The number of carbonyl (C=O) groups is 1. The number of piperidine rings is 1. The van der Waals surface area contributed by atoms with Crippen molar-refractivity contribution in [3.8, 4) is 0 Å².